The molecule has 4 heteroatoms. The number of amides is 1. The van der Waals surface area contributed by atoms with E-state index in [1.165, 1.54) is 6.08 Å². The fraction of sp³-hybridized carbons (Fsp3) is 0.238. The fourth-order valence-corrected chi connectivity index (χ4v) is 2.88. The van der Waals surface area contributed by atoms with E-state index in [2.05, 4.69) is 17.9 Å². The zero-order valence-corrected chi connectivity index (χ0v) is 15.4. The van der Waals surface area contributed by atoms with Gasteiger partial charge in [-0.15, -0.1) is 12.6 Å². The van der Waals surface area contributed by atoms with Crippen LogP contribution in [0.5, 0.6) is 0 Å². The molecule has 0 aliphatic rings. The lowest BCUT2D eigenvalue weighted by Gasteiger charge is -2.16. The van der Waals surface area contributed by atoms with Crippen LogP contribution in [0.25, 0.3) is 0 Å². The summed E-state index contributed by atoms with van der Waals surface area (Å²) in [7, 11) is 0. The van der Waals surface area contributed by atoms with Crippen LogP contribution < -0.4 is 5.32 Å². The van der Waals surface area contributed by atoms with E-state index in [4.69, 9.17) is 0 Å². The molecule has 0 unspecified atom stereocenters. The predicted molar refractivity (Wildman–Crippen MR) is 104 cm³/mol. The maximum Gasteiger partial charge on any atom is 0.225 e. The van der Waals surface area contributed by atoms with Crippen molar-refractivity contribution >= 4 is 24.3 Å². The van der Waals surface area contributed by atoms with E-state index >= 15 is 0 Å². The highest BCUT2D eigenvalue weighted by Gasteiger charge is 2.21. The Kier molecular flexibility index (Phi) is 7.02. The standard InChI is InChI=1S/C21H23NO2S/c1-15(2)13-19(24)22-20(25)14-18(23)21(16-9-5-3-6-10-16)17-11-7-4-8-12-17/h3-12,14-15,21,25H,13H2,1-2H3,(H,22,24)/b20-14+. The third-order valence-corrected chi connectivity index (χ3v) is 3.93. The van der Waals surface area contributed by atoms with E-state index in [-0.39, 0.29) is 22.6 Å². The van der Waals surface area contributed by atoms with Crippen molar-refractivity contribution in [1.82, 2.24) is 5.32 Å². The third-order valence-electron chi connectivity index (χ3n) is 3.69. The molecule has 2 aromatic rings. The Hall–Kier alpha value is -2.33. The first-order chi connectivity index (χ1) is 12.0. The molecule has 0 fully saturated rings. The number of ketones is 1. The SMILES string of the molecule is CC(C)CC(=O)N/C(S)=C\C(=O)C(c1ccccc1)c1ccccc1. The molecule has 0 atom stereocenters. The average molecular weight is 353 g/mol. The molecular formula is C21H23NO2S. The topological polar surface area (TPSA) is 46.2 Å². The highest BCUT2D eigenvalue weighted by molar-refractivity contribution is 7.84. The molecule has 2 rings (SSSR count). The number of rotatable bonds is 7. The normalized spacial score (nSPS) is 11.6. The molecule has 0 aliphatic heterocycles. The summed E-state index contributed by atoms with van der Waals surface area (Å²) in [6.45, 7) is 3.93. The van der Waals surface area contributed by atoms with Gasteiger partial charge < -0.3 is 5.32 Å². The molecule has 1 N–H and O–H groups in total. The van der Waals surface area contributed by atoms with Crippen LogP contribution in [0, 0.1) is 5.92 Å². The Labute approximate surface area is 154 Å². The smallest absolute Gasteiger partial charge is 0.225 e. The molecular weight excluding hydrogens is 330 g/mol. The summed E-state index contributed by atoms with van der Waals surface area (Å²) >= 11 is 4.26. The Morgan fingerprint density at radius 1 is 0.960 bits per heavy atom. The molecule has 0 aromatic heterocycles. The molecule has 0 spiro atoms. The maximum atomic E-state index is 12.9. The van der Waals surface area contributed by atoms with Gasteiger partial charge in [-0.25, -0.2) is 0 Å². The van der Waals surface area contributed by atoms with Gasteiger partial charge in [0.25, 0.3) is 0 Å². The third kappa shape index (κ3) is 5.91. The Morgan fingerprint density at radius 2 is 1.44 bits per heavy atom. The van der Waals surface area contributed by atoms with E-state index in [1.54, 1.807) is 0 Å². The van der Waals surface area contributed by atoms with Crippen LogP contribution in [0.1, 0.15) is 37.3 Å². The summed E-state index contributed by atoms with van der Waals surface area (Å²) < 4.78 is 0. The minimum Gasteiger partial charge on any atom is -0.321 e. The van der Waals surface area contributed by atoms with Gasteiger partial charge in [-0.3, -0.25) is 9.59 Å². The highest BCUT2D eigenvalue weighted by Crippen LogP contribution is 2.26. The molecule has 3 nitrogen and oxygen atoms in total. The molecule has 130 valence electrons. The summed E-state index contributed by atoms with van der Waals surface area (Å²) in [5.74, 6) is -0.433. The van der Waals surface area contributed by atoms with Crippen molar-refractivity contribution in [2.24, 2.45) is 5.92 Å². The van der Waals surface area contributed by atoms with E-state index in [0.29, 0.717) is 6.42 Å². The van der Waals surface area contributed by atoms with Crippen LogP contribution in [0.15, 0.2) is 71.8 Å². The van der Waals surface area contributed by atoms with Crippen LogP contribution in [-0.2, 0) is 9.59 Å². The van der Waals surface area contributed by atoms with Gasteiger partial charge in [0.1, 0.15) is 0 Å². The number of hydrogen-bond acceptors (Lipinski definition) is 3. The van der Waals surface area contributed by atoms with Gasteiger partial charge in [0.2, 0.25) is 5.91 Å². The number of carbonyl (C=O) groups is 2. The summed E-state index contributed by atoms with van der Waals surface area (Å²) in [6.07, 6.45) is 1.79. The second-order valence-corrected chi connectivity index (χ2v) is 6.81. The molecule has 0 aliphatic carbocycles. The fourth-order valence-electron chi connectivity index (χ4n) is 2.63. The van der Waals surface area contributed by atoms with Crippen LogP contribution in [0.3, 0.4) is 0 Å². The first-order valence-corrected chi connectivity index (χ1v) is 8.76. The Bertz CT molecular complexity index is 700. The molecule has 0 heterocycles. The minimum absolute atomic E-state index is 0.118. The number of hydrogen-bond donors (Lipinski definition) is 2. The first kappa shape index (κ1) is 19.0. The van der Waals surface area contributed by atoms with Gasteiger partial charge >= 0.3 is 0 Å². The van der Waals surface area contributed by atoms with Crippen molar-refractivity contribution in [3.8, 4) is 0 Å². The van der Waals surface area contributed by atoms with Gasteiger partial charge in [0, 0.05) is 12.5 Å². The van der Waals surface area contributed by atoms with Crippen LogP contribution in [-0.4, -0.2) is 11.7 Å². The van der Waals surface area contributed by atoms with E-state index in [0.717, 1.165) is 11.1 Å². The monoisotopic (exact) mass is 353 g/mol. The van der Waals surface area contributed by atoms with E-state index in [9.17, 15) is 9.59 Å². The van der Waals surface area contributed by atoms with Gasteiger partial charge in [0.15, 0.2) is 5.78 Å². The summed E-state index contributed by atoms with van der Waals surface area (Å²) in [6, 6.07) is 19.2. The van der Waals surface area contributed by atoms with Crippen molar-refractivity contribution in [2.75, 3.05) is 0 Å². The van der Waals surface area contributed by atoms with E-state index < -0.39 is 5.92 Å². The molecule has 0 saturated carbocycles. The lowest BCUT2D eigenvalue weighted by atomic mass is 9.87. The molecule has 1 amide bonds. The molecule has 0 saturated heterocycles. The largest absolute Gasteiger partial charge is 0.321 e. The Morgan fingerprint density at radius 3 is 1.88 bits per heavy atom. The number of carbonyl (C=O) groups excluding carboxylic acids is 2. The number of benzene rings is 2. The first-order valence-electron chi connectivity index (χ1n) is 8.31. The van der Waals surface area contributed by atoms with Gasteiger partial charge in [-0.05, 0) is 17.0 Å². The van der Waals surface area contributed by atoms with Crippen LogP contribution in [0.2, 0.25) is 0 Å². The second kappa shape index (κ2) is 9.23. The molecule has 0 bridgehead atoms. The number of nitrogens with one attached hydrogen (secondary N) is 1. The average Bonchev–Trinajstić information content (AvgIpc) is 2.56. The van der Waals surface area contributed by atoms with Crippen molar-refractivity contribution in [3.63, 3.8) is 0 Å². The Balaban J connectivity index is 2.24. The summed E-state index contributed by atoms with van der Waals surface area (Å²) in [5, 5.41) is 2.94. The summed E-state index contributed by atoms with van der Waals surface area (Å²) in [5.41, 5.74) is 1.81. The second-order valence-electron chi connectivity index (χ2n) is 6.33. The van der Waals surface area contributed by atoms with Gasteiger partial charge in [-0.2, -0.15) is 0 Å². The lowest BCUT2D eigenvalue weighted by Crippen LogP contribution is -2.23. The molecule has 0 radical (unpaired) electrons. The predicted octanol–water partition coefficient (Wildman–Crippen LogP) is 4.32. The summed E-state index contributed by atoms with van der Waals surface area (Å²) in [4.78, 5) is 24.7. The number of thiol groups is 1. The molecule has 2 aromatic carbocycles. The van der Waals surface area contributed by atoms with Gasteiger partial charge in [0.05, 0.1) is 10.9 Å². The van der Waals surface area contributed by atoms with Crippen molar-refractivity contribution in [3.05, 3.63) is 82.9 Å². The quantitative estimate of drug-likeness (QED) is 0.575. The van der Waals surface area contributed by atoms with Crippen molar-refractivity contribution < 1.29 is 9.59 Å². The minimum atomic E-state index is -0.424. The van der Waals surface area contributed by atoms with Crippen molar-refractivity contribution in [1.29, 1.82) is 0 Å². The van der Waals surface area contributed by atoms with Crippen LogP contribution in [0.4, 0.5) is 0 Å². The van der Waals surface area contributed by atoms with Crippen molar-refractivity contribution in [2.45, 2.75) is 26.2 Å². The zero-order valence-electron chi connectivity index (χ0n) is 14.5. The van der Waals surface area contributed by atoms with Gasteiger partial charge in [-0.1, -0.05) is 74.5 Å². The lowest BCUT2D eigenvalue weighted by molar-refractivity contribution is -0.120. The highest BCUT2D eigenvalue weighted by atomic mass is 32.1. The zero-order chi connectivity index (χ0) is 18.2. The molecule has 25 heavy (non-hydrogen) atoms. The van der Waals surface area contributed by atoms with Crippen LogP contribution >= 0.6 is 12.6 Å². The number of allylic oxidation sites excluding steroid dienone is 1. The maximum absolute atomic E-state index is 12.9. The van der Waals surface area contributed by atoms with E-state index in [1.807, 2.05) is 74.5 Å².